The number of carbonyl (C=O) groups is 1. The minimum atomic E-state index is -0.396. The van der Waals surface area contributed by atoms with Crippen molar-refractivity contribution in [2.75, 3.05) is 7.11 Å². The predicted molar refractivity (Wildman–Crippen MR) is 82.0 cm³/mol. The summed E-state index contributed by atoms with van der Waals surface area (Å²) in [6.07, 6.45) is 3.78. The number of benzene rings is 1. The molecule has 0 bridgehead atoms. The molecule has 3 rings (SSSR count). The molecule has 0 aliphatic heterocycles. The molecule has 22 heavy (non-hydrogen) atoms. The predicted octanol–water partition coefficient (Wildman–Crippen LogP) is 3.01. The van der Waals surface area contributed by atoms with Gasteiger partial charge in [0.15, 0.2) is 0 Å². The number of carbonyl (C=O) groups excluding carboxylic acids is 1. The van der Waals surface area contributed by atoms with Crippen LogP contribution in [0.3, 0.4) is 0 Å². The van der Waals surface area contributed by atoms with Gasteiger partial charge < -0.3 is 13.9 Å². The van der Waals surface area contributed by atoms with E-state index in [1.54, 1.807) is 31.4 Å². The molecule has 112 valence electrons. The second kappa shape index (κ2) is 5.89. The highest BCUT2D eigenvalue weighted by molar-refractivity contribution is 5.89. The van der Waals surface area contributed by atoms with E-state index in [4.69, 9.17) is 9.47 Å². The average molecular weight is 296 g/mol. The number of aryl methyl sites for hydroxylation is 1. The van der Waals surface area contributed by atoms with Gasteiger partial charge in [-0.25, -0.2) is 9.78 Å². The maximum absolute atomic E-state index is 12.1. The Morgan fingerprint density at radius 1 is 1.27 bits per heavy atom. The lowest BCUT2D eigenvalue weighted by Crippen LogP contribution is -2.05. The Bertz CT molecular complexity index is 824. The van der Waals surface area contributed by atoms with Crippen LogP contribution in [0.5, 0.6) is 5.75 Å². The van der Waals surface area contributed by atoms with Gasteiger partial charge in [0.05, 0.1) is 18.4 Å². The first-order chi connectivity index (χ1) is 10.7. The molecular weight excluding hydrogens is 280 g/mol. The van der Waals surface area contributed by atoms with Gasteiger partial charge in [0.25, 0.3) is 0 Å². The molecule has 0 atom stereocenters. The normalized spacial score (nSPS) is 10.6. The topological polar surface area (TPSA) is 52.8 Å². The Hall–Kier alpha value is -2.82. The van der Waals surface area contributed by atoms with Gasteiger partial charge in [-0.3, -0.25) is 0 Å². The van der Waals surface area contributed by atoms with Crippen LogP contribution in [0.2, 0.25) is 0 Å². The second-order valence-corrected chi connectivity index (χ2v) is 4.96. The number of hydrogen-bond donors (Lipinski definition) is 0. The molecule has 0 unspecified atom stereocenters. The van der Waals surface area contributed by atoms with Crippen molar-refractivity contribution in [2.24, 2.45) is 0 Å². The van der Waals surface area contributed by atoms with Crippen LogP contribution >= 0.6 is 0 Å². The number of esters is 1. The van der Waals surface area contributed by atoms with Crippen LogP contribution < -0.4 is 4.74 Å². The maximum atomic E-state index is 12.1. The number of imidazole rings is 1. The van der Waals surface area contributed by atoms with E-state index in [1.165, 1.54) is 0 Å². The molecule has 0 aliphatic rings. The van der Waals surface area contributed by atoms with Gasteiger partial charge >= 0.3 is 5.97 Å². The number of rotatable bonds is 4. The molecule has 0 amide bonds. The summed E-state index contributed by atoms with van der Waals surface area (Å²) in [5, 5.41) is 0. The molecule has 2 heterocycles. The summed E-state index contributed by atoms with van der Waals surface area (Å²) in [5.74, 6) is 0.227. The molecule has 1 aromatic carbocycles. The minimum absolute atomic E-state index is 0.136. The third-order valence-corrected chi connectivity index (χ3v) is 3.38. The van der Waals surface area contributed by atoms with Crippen LogP contribution in [0, 0.1) is 6.92 Å². The van der Waals surface area contributed by atoms with Crippen molar-refractivity contribution in [3.05, 3.63) is 65.6 Å². The maximum Gasteiger partial charge on any atom is 0.338 e. The van der Waals surface area contributed by atoms with E-state index in [0.29, 0.717) is 17.0 Å². The summed E-state index contributed by atoms with van der Waals surface area (Å²) in [6.45, 7) is 2.13. The van der Waals surface area contributed by atoms with E-state index in [2.05, 4.69) is 4.98 Å². The molecule has 3 aromatic rings. The van der Waals surface area contributed by atoms with E-state index in [1.807, 2.05) is 35.9 Å². The fraction of sp³-hybridized carbons (Fsp3) is 0.176. The van der Waals surface area contributed by atoms with Crippen LogP contribution in [0.15, 0.2) is 48.8 Å². The highest BCUT2D eigenvalue weighted by atomic mass is 16.5. The Morgan fingerprint density at radius 2 is 2.14 bits per heavy atom. The molecule has 0 fully saturated rings. The summed E-state index contributed by atoms with van der Waals surface area (Å²) in [5.41, 5.74) is 3.12. The highest BCUT2D eigenvalue weighted by Gasteiger charge is 2.10. The van der Waals surface area contributed by atoms with Crippen molar-refractivity contribution in [2.45, 2.75) is 13.5 Å². The summed E-state index contributed by atoms with van der Waals surface area (Å²) in [6, 6.07) is 10.8. The van der Waals surface area contributed by atoms with Crippen LogP contribution in [0.25, 0.3) is 5.65 Å². The van der Waals surface area contributed by atoms with E-state index in [9.17, 15) is 4.79 Å². The fourth-order valence-electron chi connectivity index (χ4n) is 2.25. The van der Waals surface area contributed by atoms with Crippen molar-refractivity contribution >= 4 is 11.6 Å². The van der Waals surface area contributed by atoms with Gasteiger partial charge in [0.2, 0.25) is 0 Å². The second-order valence-electron chi connectivity index (χ2n) is 4.96. The van der Waals surface area contributed by atoms with Crippen molar-refractivity contribution in [1.82, 2.24) is 9.38 Å². The number of ether oxygens (including phenoxy) is 2. The standard InChI is InChI=1S/C17H16N2O3/c1-12-5-4-8-19-10-14(18-16(12)19)11-22-17(20)13-6-3-7-15(9-13)21-2/h3-10H,11H2,1-2H3. The van der Waals surface area contributed by atoms with Gasteiger partial charge in [0, 0.05) is 12.4 Å². The molecule has 0 aliphatic carbocycles. The zero-order valence-corrected chi connectivity index (χ0v) is 12.4. The molecular formula is C17H16N2O3. The summed E-state index contributed by atoms with van der Waals surface area (Å²) >= 11 is 0. The number of methoxy groups -OCH3 is 1. The molecule has 2 aromatic heterocycles. The van der Waals surface area contributed by atoms with Gasteiger partial charge in [-0.15, -0.1) is 0 Å². The minimum Gasteiger partial charge on any atom is -0.497 e. The molecule has 0 radical (unpaired) electrons. The lowest BCUT2D eigenvalue weighted by molar-refractivity contribution is 0.0468. The van der Waals surface area contributed by atoms with Gasteiger partial charge in [0.1, 0.15) is 18.0 Å². The fourth-order valence-corrected chi connectivity index (χ4v) is 2.25. The first kappa shape index (κ1) is 14.1. The zero-order chi connectivity index (χ0) is 15.5. The van der Waals surface area contributed by atoms with Gasteiger partial charge in [-0.2, -0.15) is 0 Å². The summed E-state index contributed by atoms with van der Waals surface area (Å²) < 4.78 is 12.3. The first-order valence-corrected chi connectivity index (χ1v) is 6.92. The monoisotopic (exact) mass is 296 g/mol. The number of pyridine rings is 1. The molecule has 0 saturated carbocycles. The Balaban J connectivity index is 1.73. The molecule has 5 nitrogen and oxygen atoms in total. The SMILES string of the molecule is COc1cccc(C(=O)OCc2cn3cccc(C)c3n2)c1. The lowest BCUT2D eigenvalue weighted by atomic mass is 10.2. The number of nitrogens with zero attached hydrogens (tertiary/aromatic N) is 2. The van der Waals surface area contributed by atoms with E-state index < -0.39 is 5.97 Å². The number of hydrogen-bond acceptors (Lipinski definition) is 4. The number of aromatic nitrogens is 2. The smallest absolute Gasteiger partial charge is 0.338 e. The number of fused-ring (bicyclic) bond motifs is 1. The Kier molecular flexibility index (Phi) is 3.78. The van der Waals surface area contributed by atoms with Crippen LogP contribution in [-0.4, -0.2) is 22.5 Å². The summed E-state index contributed by atoms with van der Waals surface area (Å²) in [7, 11) is 1.56. The van der Waals surface area contributed by atoms with E-state index >= 15 is 0 Å². The molecule has 0 saturated heterocycles. The van der Waals surface area contributed by atoms with Crippen LogP contribution in [0.4, 0.5) is 0 Å². The van der Waals surface area contributed by atoms with Crippen LogP contribution in [-0.2, 0) is 11.3 Å². The third kappa shape index (κ3) is 2.79. The van der Waals surface area contributed by atoms with E-state index in [-0.39, 0.29) is 6.61 Å². The molecule has 5 heteroatoms. The van der Waals surface area contributed by atoms with Gasteiger partial charge in [-0.1, -0.05) is 12.1 Å². The Morgan fingerprint density at radius 3 is 2.91 bits per heavy atom. The quantitative estimate of drug-likeness (QED) is 0.694. The largest absolute Gasteiger partial charge is 0.497 e. The zero-order valence-electron chi connectivity index (χ0n) is 12.4. The highest BCUT2D eigenvalue weighted by Crippen LogP contribution is 2.15. The first-order valence-electron chi connectivity index (χ1n) is 6.92. The lowest BCUT2D eigenvalue weighted by Gasteiger charge is -2.04. The average Bonchev–Trinajstić information content (AvgIpc) is 2.97. The summed E-state index contributed by atoms with van der Waals surface area (Å²) in [4.78, 5) is 16.5. The molecule has 0 N–H and O–H groups in total. The van der Waals surface area contributed by atoms with Gasteiger partial charge in [-0.05, 0) is 36.8 Å². The van der Waals surface area contributed by atoms with Crippen molar-refractivity contribution < 1.29 is 14.3 Å². The van der Waals surface area contributed by atoms with Crippen molar-refractivity contribution in [3.63, 3.8) is 0 Å². The van der Waals surface area contributed by atoms with E-state index in [0.717, 1.165) is 11.2 Å². The molecule has 0 spiro atoms. The van der Waals surface area contributed by atoms with Crippen molar-refractivity contribution in [3.8, 4) is 5.75 Å². The third-order valence-electron chi connectivity index (χ3n) is 3.38. The van der Waals surface area contributed by atoms with Crippen LogP contribution in [0.1, 0.15) is 21.6 Å². The Labute approximate surface area is 128 Å². The van der Waals surface area contributed by atoms with Crippen molar-refractivity contribution in [1.29, 1.82) is 0 Å².